The highest BCUT2D eigenvalue weighted by molar-refractivity contribution is 5.97. The van der Waals surface area contributed by atoms with Crippen LogP contribution >= 0.6 is 0 Å². The maximum absolute atomic E-state index is 14.1. The van der Waals surface area contributed by atoms with Crippen LogP contribution in [0.5, 0.6) is 0 Å². The van der Waals surface area contributed by atoms with Gasteiger partial charge in [-0.25, -0.2) is 22.0 Å². The molecule has 0 unspecified atom stereocenters. The number of nitrogens with one attached hydrogen (secondary N) is 1. The second-order valence-corrected chi connectivity index (χ2v) is 8.58. The first-order chi connectivity index (χ1) is 16.7. The van der Waals surface area contributed by atoms with E-state index in [1.807, 2.05) is 0 Å². The smallest absolute Gasteiger partial charge is 0.321 e. The van der Waals surface area contributed by atoms with Crippen molar-refractivity contribution in [3.05, 3.63) is 100 Å². The standard InChI is InChI=1S/C26H19F8NO/c1-25(2,24(36)35-23-21(30)19(28)18(27)20(29)22(23)31)13-15(12-14-8-4-3-5-9-14)16-10-6-7-11-17(16)26(32,33)34/h3-12H,13H2,1-2H3,(H,35,36)/b15-12-. The molecule has 0 aliphatic rings. The van der Waals surface area contributed by atoms with Crippen LogP contribution in [0.1, 0.15) is 37.0 Å². The monoisotopic (exact) mass is 513 g/mol. The third-order valence-electron chi connectivity index (χ3n) is 5.41. The molecule has 0 aliphatic carbocycles. The number of allylic oxidation sites excluding steroid dienone is 1. The highest BCUT2D eigenvalue weighted by atomic mass is 19.4. The Bertz CT molecular complexity index is 1280. The van der Waals surface area contributed by atoms with Crippen LogP contribution in [0.25, 0.3) is 11.6 Å². The molecule has 10 heteroatoms. The summed E-state index contributed by atoms with van der Waals surface area (Å²) in [6.45, 7) is 2.53. The molecular weight excluding hydrogens is 494 g/mol. The number of carbonyl (C=O) groups excluding carboxylic acids is 1. The van der Waals surface area contributed by atoms with Crippen LogP contribution in [-0.4, -0.2) is 5.91 Å². The Hall–Kier alpha value is -3.69. The van der Waals surface area contributed by atoms with Crippen LogP contribution in [0.4, 0.5) is 40.8 Å². The molecule has 3 aromatic rings. The molecule has 0 spiro atoms. The zero-order chi connectivity index (χ0) is 26.8. The largest absolute Gasteiger partial charge is 0.416 e. The van der Waals surface area contributed by atoms with Crippen molar-refractivity contribution in [1.29, 1.82) is 0 Å². The van der Waals surface area contributed by atoms with Gasteiger partial charge in [0.25, 0.3) is 0 Å². The molecule has 0 saturated carbocycles. The van der Waals surface area contributed by atoms with E-state index in [1.165, 1.54) is 38.1 Å². The van der Waals surface area contributed by atoms with E-state index >= 15 is 0 Å². The van der Waals surface area contributed by atoms with Crippen LogP contribution in [0.15, 0.2) is 54.6 Å². The zero-order valence-corrected chi connectivity index (χ0v) is 18.9. The van der Waals surface area contributed by atoms with Crippen molar-refractivity contribution >= 4 is 23.2 Å². The number of hydrogen-bond donors (Lipinski definition) is 1. The second-order valence-electron chi connectivity index (χ2n) is 8.58. The number of anilines is 1. The van der Waals surface area contributed by atoms with Gasteiger partial charge >= 0.3 is 6.18 Å². The van der Waals surface area contributed by atoms with Gasteiger partial charge in [0, 0.05) is 5.41 Å². The Morgan fingerprint density at radius 3 is 1.83 bits per heavy atom. The van der Waals surface area contributed by atoms with Gasteiger partial charge in [-0.05, 0) is 29.2 Å². The quantitative estimate of drug-likeness (QED) is 0.154. The molecule has 36 heavy (non-hydrogen) atoms. The van der Waals surface area contributed by atoms with E-state index in [0.29, 0.717) is 5.56 Å². The summed E-state index contributed by atoms with van der Waals surface area (Å²) in [5.41, 5.74) is -3.82. The summed E-state index contributed by atoms with van der Waals surface area (Å²) in [6.07, 6.45) is -3.68. The molecule has 0 aromatic heterocycles. The molecule has 0 radical (unpaired) electrons. The van der Waals surface area contributed by atoms with E-state index < -0.39 is 57.8 Å². The molecular formula is C26H19F8NO. The number of halogens is 8. The van der Waals surface area contributed by atoms with Crippen molar-refractivity contribution in [2.24, 2.45) is 5.41 Å². The second kappa shape index (κ2) is 10.1. The van der Waals surface area contributed by atoms with E-state index in [0.717, 1.165) is 6.07 Å². The Kier molecular flexibility index (Phi) is 7.56. The van der Waals surface area contributed by atoms with Gasteiger partial charge in [-0.3, -0.25) is 4.79 Å². The number of alkyl halides is 3. The minimum atomic E-state index is -4.73. The van der Waals surface area contributed by atoms with Gasteiger partial charge < -0.3 is 5.32 Å². The lowest BCUT2D eigenvalue weighted by Crippen LogP contribution is -2.32. The molecule has 0 heterocycles. The van der Waals surface area contributed by atoms with Crippen LogP contribution < -0.4 is 5.32 Å². The number of carbonyl (C=O) groups is 1. The summed E-state index contributed by atoms with van der Waals surface area (Å²) in [5, 5.41) is 1.71. The predicted octanol–water partition coefficient (Wildman–Crippen LogP) is 8.00. The van der Waals surface area contributed by atoms with E-state index in [-0.39, 0.29) is 17.6 Å². The highest BCUT2D eigenvalue weighted by Gasteiger charge is 2.37. The first kappa shape index (κ1) is 26.9. The average Bonchev–Trinajstić information content (AvgIpc) is 2.83. The van der Waals surface area contributed by atoms with E-state index in [1.54, 1.807) is 35.6 Å². The molecule has 3 aromatic carbocycles. The van der Waals surface area contributed by atoms with Gasteiger partial charge in [0.2, 0.25) is 11.7 Å². The fraction of sp³-hybridized carbons (Fsp3) is 0.192. The van der Waals surface area contributed by atoms with Gasteiger partial charge in [0.1, 0.15) is 5.69 Å². The summed E-state index contributed by atoms with van der Waals surface area (Å²) in [5.74, 6) is -12.5. The normalized spacial score (nSPS) is 12.6. The molecule has 2 nitrogen and oxygen atoms in total. The Morgan fingerprint density at radius 1 is 0.778 bits per heavy atom. The SMILES string of the molecule is CC(C)(C/C(=C/c1ccccc1)c1ccccc1C(F)(F)F)C(=O)Nc1c(F)c(F)c(F)c(F)c1F. The Morgan fingerprint density at radius 2 is 1.28 bits per heavy atom. The molecule has 0 atom stereocenters. The molecule has 0 saturated heterocycles. The molecule has 1 amide bonds. The van der Waals surface area contributed by atoms with Gasteiger partial charge in [-0.2, -0.15) is 13.2 Å². The number of hydrogen-bond acceptors (Lipinski definition) is 1. The van der Waals surface area contributed by atoms with Crippen molar-refractivity contribution in [3.8, 4) is 0 Å². The lowest BCUT2D eigenvalue weighted by Gasteiger charge is -2.27. The average molecular weight is 513 g/mol. The van der Waals surface area contributed by atoms with E-state index in [2.05, 4.69) is 0 Å². The van der Waals surface area contributed by atoms with Gasteiger partial charge in [0.05, 0.1) is 5.56 Å². The third-order valence-corrected chi connectivity index (χ3v) is 5.41. The summed E-state index contributed by atoms with van der Waals surface area (Å²) in [4.78, 5) is 12.9. The summed E-state index contributed by atoms with van der Waals surface area (Å²) < 4.78 is 110. The minimum Gasteiger partial charge on any atom is -0.321 e. The van der Waals surface area contributed by atoms with Gasteiger partial charge in [-0.15, -0.1) is 0 Å². The van der Waals surface area contributed by atoms with Gasteiger partial charge in [-0.1, -0.05) is 68.5 Å². The fourth-order valence-corrected chi connectivity index (χ4v) is 3.54. The van der Waals surface area contributed by atoms with Crippen LogP contribution in [-0.2, 0) is 11.0 Å². The summed E-state index contributed by atoms with van der Waals surface area (Å²) in [7, 11) is 0. The number of rotatable bonds is 6. The Balaban J connectivity index is 2.05. The van der Waals surface area contributed by atoms with E-state index in [4.69, 9.17) is 0 Å². The molecule has 0 aliphatic heterocycles. The lowest BCUT2D eigenvalue weighted by atomic mass is 9.80. The molecule has 0 bridgehead atoms. The van der Waals surface area contributed by atoms with E-state index in [9.17, 15) is 39.9 Å². The predicted molar refractivity (Wildman–Crippen MR) is 119 cm³/mol. The summed E-state index contributed by atoms with van der Waals surface area (Å²) in [6, 6.07) is 12.9. The topological polar surface area (TPSA) is 29.1 Å². The van der Waals surface area contributed by atoms with Gasteiger partial charge in [0.15, 0.2) is 23.3 Å². The molecule has 0 fully saturated rings. The van der Waals surface area contributed by atoms with Crippen molar-refractivity contribution in [1.82, 2.24) is 0 Å². The van der Waals surface area contributed by atoms with Crippen molar-refractivity contribution in [2.45, 2.75) is 26.4 Å². The zero-order valence-electron chi connectivity index (χ0n) is 18.9. The van der Waals surface area contributed by atoms with Crippen molar-refractivity contribution < 1.29 is 39.9 Å². The van der Waals surface area contributed by atoms with Crippen LogP contribution in [0.3, 0.4) is 0 Å². The number of amides is 1. The molecule has 190 valence electrons. The first-order valence-corrected chi connectivity index (χ1v) is 10.5. The maximum Gasteiger partial charge on any atom is 0.416 e. The third kappa shape index (κ3) is 5.58. The molecule has 3 rings (SSSR count). The number of benzene rings is 3. The Labute approximate surface area is 201 Å². The highest BCUT2D eigenvalue weighted by Crippen LogP contribution is 2.40. The molecule has 1 N–H and O–H groups in total. The minimum absolute atomic E-state index is 0.0617. The summed E-state index contributed by atoms with van der Waals surface area (Å²) >= 11 is 0. The first-order valence-electron chi connectivity index (χ1n) is 10.5. The lowest BCUT2D eigenvalue weighted by molar-refractivity contribution is -0.137. The van der Waals surface area contributed by atoms with Crippen LogP contribution in [0.2, 0.25) is 0 Å². The fourth-order valence-electron chi connectivity index (χ4n) is 3.54. The van der Waals surface area contributed by atoms with Crippen molar-refractivity contribution in [2.75, 3.05) is 5.32 Å². The maximum atomic E-state index is 14.1. The van der Waals surface area contributed by atoms with Crippen LogP contribution in [0, 0.1) is 34.5 Å². The van der Waals surface area contributed by atoms with Crippen molar-refractivity contribution in [3.63, 3.8) is 0 Å².